The van der Waals surface area contributed by atoms with Gasteiger partial charge in [0.1, 0.15) is 0 Å². The third-order valence-corrected chi connectivity index (χ3v) is 3.21. The minimum Gasteiger partial charge on any atom is -0.478 e. The average Bonchev–Trinajstić information content (AvgIpc) is 2.45. The zero-order valence-corrected chi connectivity index (χ0v) is 12.0. The SMILES string of the molecule is CCC(C)N(CC)C(=O)c1ccncc1C=CC(=O)O. The molecule has 1 atom stereocenters. The molecule has 0 spiro atoms. The fourth-order valence-corrected chi connectivity index (χ4v) is 1.93. The molecule has 0 saturated heterocycles. The Balaban J connectivity index is 3.12. The lowest BCUT2D eigenvalue weighted by Crippen LogP contribution is -2.38. The molecule has 0 aliphatic heterocycles. The van der Waals surface area contributed by atoms with Crippen molar-refractivity contribution in [3.8, 4) is 0 Å². The Labute approximate surface area is 118 Å². The third kappa shape index (κ3) is 3.91. The van der Waals surface area contributed by atoms with E-state index in [-0.39, 0.29) is 11.9 Å². The lowest BCUT2D eigenvalue weighted by molar-refractivity contribution is -0.131. The standard InChI is InChI=1S/C15H20N2O3/c1-4-11(3)17(5-2)15(20)13-8-9-16-10-12(13)6-7-14(18)19/h6-11H,4-5H2,1-3H3,(H,18,19). The number of carbonyl (C=O) groups excluding carboxylic acids is 1. The van der Waals surface area contributed by atoms with Crippen molar-refractivity contribution in [3.05, 3.63) is 35.7 Å². The highest BCUT2D eigenvalue weighted by atomic mass is 16.4. The first-order chi connectivity index (χ1) is 9.51. The number of amides is 1. The van der Waals surface area contributed by atoms with Crippen molar-refractivity contribution in [2.24, 2.45) is 0 Å². The van der Waals surface area contributed by atoms with Crippen molar-refractivity contribution in [2.75, 3.05) is 6.54 Å². The van der Waals surface area contributed by atoms with Crippen LogP contribution in [0.5, 0.6) is 0 Å². The second-order valence-electron chi connectivity index (χ2n) is 4.48. The number of hydrogen-bond acceptors (Lipinski definition) is 3. The normalized spacial score (nSPS) is 12.3. The van der Waals surface area contributed by atoms with Crippen molar-refractivity contribution < 1.29 is 14.7 Å². The Morgan fingerprint density at radius 3 is 2.70 bits per heavy atom. The fraction of sp³-hybridized carbons (Fsp3) is 0.400. The topological polar surface area (TPSA) is 70.5 Å². The maximum Gasteiger partial charge on any atom is 0.328 e. The quantitative estimate of drug-likeness (QED) is 0.810. The van der Waals surface area contributed by atoms with Gasteiger partial charge in [-0.2, -0.15) is 0 Å². The van der Waals surface area contributed by atoms with Crippen LogP contribution in [0.4, 0.5) is 0 Å². The van der Waals surface area contributed by atoms with Crippen LogP contribution in [-0.4, -0.2) is 39.5 Å². The molecule has 20 heavy (non-hydrogen) atoms. The van der Waals surface area contributed by atoms with E-state index in [1.54, 1.807) is 11.0 Å². The predicted molar refractivity (Wildman–Crippen MR) is 77.4 cm³/mol. The molecule has 5 nitrogen and oxygen atoms in total. The molecule has 108 valence electrons. The van der Waals surface area contributed by atoms with Crippen LogP contribution in [0.15, 0.2) is 24.5 Å². The monoisotopic (exact) mass is 276 g/mol. The zero-order valence-electron chi connectivity index (χ0n) is 12.0. The van der Waals surface area contributed by atoms with Gasteiger partial charge in [0.25, 0.3) is 5.91 Å². The summed E-state index contributed by atoms with van der Waals surface area (Å²) in [6, 6.07) is 1.76. The molecule has 0 aliphatic carbocycles. The Morgan fingerprint density at radius 1 is 1.45 bits per heavy atom. The van der Waals surface area contributed by atoms with E-state index in [9.17, 15) is 9.59 Å². The van der Waals surface area contributed by atoms with E-state index in [1.165, 1.54) is 18.5 Å². The van der Waals surface area contributed by atoms with Crippen LogP contribution >= 0.6 is 0 Å². The molecule has 0 aliphatic rings. The smallest absolute Gasteiger partial charge is 0.328 e. The van der Waals surface area contributed by atoms with Crippen molar-refractivity contribution in [1.29, 1.82) is 0 Å². The number of carboxylic acid groups (broad SMARTS) is 1. The van der Waals surface area contributed by atoms with E-state index in [0.29, 0.717) is 17.7 Å². The summed E-state index contributed by atoms with van der Waals surface area (Å²) in [5, 5.41) is 8.68. The molecule has 0 fully saturated rings. The van der Waals surface area contributed by atoms with Crippen LogP contribution < -0.4 is 0 Å². The van der Waals surface area contributed by atoms with E-state index in [0.717, 1.165) is 12.5 Å². The molecule has 0 bridgehead atoms. The zero-order chi connectivity index (χ0) is 15.1. The van der Waals surface area contributed by atoms with E-state index in [2.05, 4.69) is 4.98 Å². The van der Waals surface area contributed by atoms with Crippen molar-refractivity contribution in [3.63, 3.8) is 0 Å². The molecular weight excluding hydrogens is 256 g/mol. The number of pyridine rings is 1. The van der Waals surface area contributed by atoms with Gasteiger partial charge < -0.3 is 10.0 Å². The van der Waals surface area contributed by atoms with Crippen molar-refractivity contribution in [1.82, 2.24) is 9.88 Å². The summed E-state index contributed by atoms with van der Waals surface area (Å²) in [5.41, 5.74) is 0.987. The molecule has 5 heteroatoms. The van der Waals surface area contributed by atoms with Gasteiger partial charge in [-0.05, 0) is 32.4 Å². The molecule has 0 radical (unpaired) electrons. The van der Waals surface area contributed by atoms with Crippen LogP contribution in [0.25, 0.3) is 6.08 Å². The highest BCUT2D eigenvalue weighted by molar-refractivity contribution is 5.98. The van der Waals surface area contributed by atoms with Gasteiger partial charge in [0, 0.05) is 42.2 Å². The number of hydrogen-bond donors (Lipinski definition) is 1. The summed E-state index contributed by atoms with van der Waals surface area (Å²) in [5.74, 6) is -1.16. The van der Waals surface area contributed by atoms with Gasteiger partial charge in [0.05, 0.1) is 0 Å². The van der Waals surface area contributed by atoms with Gasteiger partial charge in [-0.3, -0.25) is 9.78 Å². The molecule has 1 heterocycles. The minimum absolute atomic E-state index is 0.103. The first-order valence-corrected chi connectivity index (χ1v) is 6.67. The summed E-state index contributed by atoms with van der Waals surface area (Å²) >= 11 is 0. The lowest BCUT2D eigenvalue weighted by Gasteiger charge is -2.27. The van der Waals surface area contributed by atoms with Gasteiger partial charge >= 0.3 is 5.97 Å². The highest BCUT2D eigenvalue weighted by Gasteiger charge is 2.20. The van der Waals surface area contributed by atoms with Crippen LogP contribution in [0, 0.1) is 0 Å². The molecular formula is C15H20N2O3. The minimum atomic E-state index is -1.05. The maximum atomic E-state index is 12.6. The maximum absolute atomic E-state index is 12.6. The molecule has 1 unspecified atom stereocenters. The lowest BCUT2D eigenvalue weighted by atomic mass is 10.1. The van der Waals surface area contributed by atoms with Gasteiger partial charge in [-0.15, -0.1) is 0 Å². The number of aromatic nitrogens is 1. The first kappa shape index (κ1) is 15.9. The Kier molecular flexibility index (Phi) is 5.90. The number of rotatable bonds is 6. The Hall–Kier alpha value is -2.17. The number of carbonyl (C=O) groups is 2. The van der Waals surface area contributed by atoms with Crippen molar-refractivity contribution >= 4 is 18.0 Å². The van der Waals surface area contributed by atoms with Gasteiger partial charge in [0.2, 0.25) is 0 Å². The van der Waals surface area contributed by atoms with Crippen LogP contribution in [-0.2, 0) is 4.79 Å². The second kappa shape index (κ2) is 7.43. The molecule has 1 amide bonds. The fourth-order valence-electron chi connectivity index (χ4n) is 1.93. The van der Waals surface area contributed by atoms with E-state index >= 15 is 0 Å². The largest absolute Gasteiger partial charge is 0.478 e. The Bertz CT molecular complexity index is 512. The average molecular weight is 276 g/mol. The van der Waals surface area contributed by atoms with Crippen LogP contribution in [0.2, 0.25) is 0 Å². The molecule has 1 rings (SSSR count). The molecule has 1 aromatic heterocycles. The molecule has 0 saturated carbocycles. The Morgan fingerprint density at radius 2 is 2.15 bits per heavy atom. The predicted octanol–water partition coefficient (Wildman–Crippen LogP) is 2.44. The number of carboxylic acids is 1. The van der Waals surface area contributed by atoms with E-state index in [1.807, 2.05) is 20.8 Å². The van der Waals surface area contributed by atoms with Gasteiger partial charge in [-0.25, -0.2) is 4.79 Å². The van der Waals surface area contributed by atoms with E-state index < -0.39 is 5.97 Å². The van der Waals surface area contributed by atoms with Gasteiger partial charge in [0.15, 0.2) is 0 Å². The number of aliphatic carboxylic acids is 1. The second-order valence-corrected chi connectivity index (χ2v) is 4.48. The van der Waals surface area contributed by atoms with E-state index in [4.69, 9.17) is 5.11 Å². The molecule has 1 N–H and O–H groups in total. The summed E-state index contributed by atoms with van der Waals surface area (Å²) < 4.78 is 0. The first-order valence-electron chi connectivity index (χ1n) is 6.67. The summed E-state index contributed by atoms with van der Waals surface area (Å²) in [4.78, 5) is 28.9. The summed E-state index contributed by atoms with van der Waals surface area (Å²) in [6.07, 6.45) is 6.30. The van der Waals surface area contributed by atoms with Gasteiger partial charge in [-0.1, -0.05) is 6.92 Å². The summed E-state index contributed by atoms with van der Waals surface area (Å²) in [6.45, 7) is 6.56. The van der Waals surface area contributed by atoms with Crippen molar-refractivity contribution in [2.45, 2.75) is 33.2 Å². The van der Waals surface area contributed by atoms with Crippen LogP contribution in [0.1, 0.15) is 43.1 Å². The number of nitrogens with zero attached hydrogens (tertiary/aromatic N) is 2. The highest BCUT2D eigenvalue weighted by Crippen LogP contribution is 2.15. The van der Waals surface area contributed by atoms with Crippen LogP contribution in [0.3, 0.4) is 0 Å². The molecule has 1 aromatic rings. The third-order valence-electron chi connectivity index (χ3n) is 3.21. The molecule has 0 aromatic carbocycles. The summed E-state index contributed by atoms with van der Waals surface area (Å²) in [7, 11) is 0.